The van der Waals surface area contributed by atoms with Crippen LogP contribution >= 0.6 is 27.3 Å². The van der Waals surface area contributed by atoms with Crippen molar-refractivity contribution in [3.8, 4) is 0 Å². The second-order valence-corrected chi connectivity index (χ2v) is 6.88. The number of alkyl halides is 1. The Morgan fingerprint density at radius 1 is 1.25 bits per heavy atom. The number of hydrogen-bond donors (Lipinski definition) is 0. The molecule has 16 heavy (non-hydrogen) atoms. The summed E-state index contributed by atoms with van der Waals surface area (Å²) in [7, 11) is -3.44. The number of sulfone groups is 1. The molecule has 0 N–H and O–H groups in total. The highest BCUT2D eigenvalue weighted by Gasteiger charge is 2.20. The Morgan fingerprint density at radius 2 is 2.06 bits per heavy atom. The van der Waals surface area contributed by atoms with Gasteiger partial charge in [0.2, 0.25) is 9.84 Å². The van der Waals surface area contributed by atoms with E-state index in [2.05, 4.69) is 20.9 Å². The first-order valence-corrected chi connectivity index (χ1v) is 7.87. The van der Waals surface area contributed by atoms with Gasteiger partial charge in [-0.2, -0.15) is 0 Å². The van der Waals surface area contributed by atoms with Crippen molar-refractivity contribution in [2.75, 3.05) is 0 Å². The minimum absolute atomic E-state index is 0.0953. The van der Waals surface area contributed by atoms with Crippen LogP contribution in [0.4, 0.5) is 0 Å². The van der Waals surface area contributed by atoms with E-state index in [1.54, 1.807) is 24.3 Å². The van der Waals surface area contributed by atoms with Crippen LogP contribution in [0, 0.1) is 0 Å². The minimum atomic E-state index is -3.44. The number of pyridine rings is 1. The van der Waals surface area contributed by atoms with Gasteiger partial charge in [-0.25, -0.2) is 13.4 Å². The molecular weight excluding hydrogens is 310 g/mol. The van der Waals surface area contributed by atoms with Gasteiger partial charge >= 0.3 is 0 Å². The lowest BCUT2D eigenvalue weighted by molar-refractivity contribution is 0.594. The number of rotatable bonds is 3. The Morgan fingerprint density at radius 3 is 2.62 bits per heavy atom. The van der Waals surface area contributed by atoms with Crippen LogP contribution in [0.3, 0.4) is 0 Å². The van der Waals surface area contributed by atoms with E-state index in [0.717, 1.165) is 4.88 Å². The maximum atomic E-state index is 12.1. The lowest BCUT2D eigenvalue weighted by atomic mass is 10.5. The molecule has 2 heterocycles. The summed E-state index contributed by atoms with van der Waals surface area (Å²) < 4.78 is 24.5. The first-order chi connectivity index (χ1) is 7.64. The maximum absolute atomic E-state index is 12.1. The summed E-state index contributed by atoms with van der Waals surface area (Å²) in [4.78, 5) is 4.85. The average molecular weight is 318 g/mol. The summed E-state index contributed by atoms with van der Waals surface area (Å²) in [6.07, 6.45) is 1.48. The maximum Gasteiger partial charge on any atom is 0.233 e. The van der Waals surface area contributed by atoms with Crippen LogP contribution in [-0.2, 0) is 15.2 Å². The number of hydrogen-bond acceptors (Lipinski definition) is 4. The normalized spacial score (nSPS) is 11.6. The molecule has 0 spiro atoms. The van der Waals surface area contributed by atoms with Gasteiger partial charge in [0.1, 0.15) is 4.21 Å². The Balaban J connectivity index is 2.47. The van der Waals surface area contributed by atoms with Gasteiger partial charge in [-0.05, 0) is 24.3 Å². The zero-order valence-corrected chi connectivity index (χ0v) is 11.3. The zero-order chi connectivity index (χ0) is 11.6. The molecule has 0 bridgehead atoms. The van der Waals surface area contributed by atoms with Gasteiger partial charge in [-0.15, -0.1) is 11.3 Å². The summed E-state index contributed by atoms with van der Waals surface area (Å²) in [6.45, 7) is 0. The minimum Gasteiger partial charge on any atom is -0.244 e. The summed E-state index contributed by atoms with van der Waals surface area (Å²) in [5, 5.41) is 0.757. The van der Waals surface area contributed by atoms with E-state index in [1.807, 2.05) is 0 Å². The molecule has 0 unspecified atom stereocenters. The molecule has 0 saturated heterocycles. The fourth-order valence-corrected chi connectivity index (χ4v) is 4.23. The van der Waals surface area contributed by atoms with Crippen molar-refractivity contribution < 1.29 is 8.42 Å². The molecular formula is C10H8BrNO2S2. The molecule has 0 aliphatic heterocycles. The lowest BCUT2D eigenvalue weighted by Crippen LogP contribution is -2.01. The van der Waals surface area contributed by atoms with Crippen molar-refractivity contribution >= 4 is 37.1 Å². The van der Waals surface area contributed by atoms with Gasteiger partial charge in [-0.1, -0.05) is 22.0 Å². The number of thiophene rings is 1. The molecule has 0 aromatic carbocycles. The van der Waals surface area contributed by atoms with Gasteiger partial charge in [0.15, 0.2) is 5.03 Å². The van der Waals surface area contributed by atoms with Crippen molar-refractivity contribution in [1.82, 2.24) is 4.98 Å². The predicted octanol–water partition coefficient (Wildman–Crippen LogP) is 2.87. The fraction of sp³-hybridized carbons (Fsp3) is 0.100. The molecule has 6 heteroatoms. The lowest BCUT2D eigenvalue weighted by Gasteiger charge is -1.99. The molecule has 2 aromatic rings. The summed E-state index contributed by atoms with van der Waals surface area (Å²) >= 11 is 4.55. The summed E-state index contributed by atoms with van der Waals surface area (Å²) in [5.74, 6) is 0. The van der Waals surface area contributed by atoms with E-state index >= 15 is 0 Å². The molecule has 2 rings (SSSR count). The van der Waals surface area contributed by atoms with Gasteiger partial charge < -0.3 is 0 Å². The molecule has 0 aliphatic carbocycles. The number of halogens is 1. The van der Waals surface area contributed by atoms with E-state index in [4.69, 9.17) is 0 Å². The van der Waals surface area contributed by atoms with E-state index in [9.17, 15) is 8.42 Å². The first kappa shape index (κ1) is 11.8. The first-order valence-electron chi connectivity index (χ1n) is 4.45. The Kier molecular flexibility index (Phi) is 3.41. The average Bonchev–Trinajstić information content (AvgIpc) is 2.79. The van der Waals surface area contributed by atoms with Gasteiger partial charge in [0.25, 0.3) is 0 Å². The second kappa shape index (κ2) is 4.65. The highest BCUT2D eigenvalue weighted by atomic mass is 79.9. The monoisotopic (exact) mass is 317 g/mol. The molecule has 0 radical (unpaired) electrons. The van der Waals surface area contributed by atoms with E-state index < -0.39 is 9.84 Å². The fourth-order valence-electron chi connectivity index (χ4n) is 1.18. The molecule has 84 valence electrons. The van der Waals surface area contributed by atoms with Crippen LogP contribution in [0.25, 0.3) is 0 Å². The molecule has 3 nitrogen and oxygen atoms in total. The van der Waals surface area contributed by atoms with Crippen LogP contribution in [0.1, 0.15) is 4.88 Å². The van der Waals surface area contributed by atoms with Gasteiger partial charge in [0.05, 0.1) is 0 Å². The predicted molar refractivity (Wildman–Crippen MR) is 66.6 cm³/mol. The SMILES string of the molecule is O=S(=O)(c1ccccn1)c1ccc(CBr)s1. The van der Waals surface area contributed by atoms with Crippen LogP contribution in [0.2, 0.25) is 0 Å². The van der Waals surface area contributed by atoms with Crippen molar-refractivity contribution in [2.24, 2.45) is 0 Å². The van der Waals surface area contributed by atoms with Crippen LogP contribution in [-0.4, -0.2) is 13.4 Å². The quantitative estimate of drug-likeness (QED) is 0.818. The van der Waals surface area contributed by atoms with Gasteiger partial charge in [-0.3, -0.25) is 0 Å². The smallest absolute Gasteiger partial charge is 0.233 e. The van der Waals surface area contributed by atoms with E-state index in [-0.39, 0.29) is 5.03 Å². The third kappa shape index (κ3) is 2.18. The Bertz CT molecular complexity index is 578. The summed E-state index contributed by atoms with van der Waals surface area (Å²) in [5.41, 5.74) is 0. The third-order valence-corrected chi connectivity index (χ3v) is 6.17. The second-order valence-electron chi connectivity index (χ2n) is 3.03. The Hall–Kier alpha value is -0.720. The van der Waals surface area contributed by atoms with E-state index in [0.29, 0.717) is 9.54 Å². The van der Waals surface area contributed by atoms with Crippen molar-refractivity contribution in [3.05, 3.63) is 41.4 Å². The standard InChI is InChI=1S/C10H8BrNO2S2/c11-7-8-4-5-10(15-8)16(13,14)9-3-1-2-6-12-9/h1-6H,7H2. The number of aromatic nitrogens is 1. The van der Waals surface area contributed by atoms with Crippen LogP contribution < -0.4 is 0 Å². The van der Waals surface area contributed by atoms with Crippen molar-refractivity contribution in [2.45, 2.75) is 14.6 Å². The molecule has 0 amide bonds. The van der Waals surface area contributed by atoms with Crippen molar-refractivity contribution in [3.63, 3.8) is 0 Å². The molecule has 0 saturated carbocycles. The van der Waals surface area contributed by atoms with Crippen LogP contribution in [0.15, 0.2) is 45.8 Å². The molecule has 0 atom stereocenters. The molecule has 2 aromatic heterocycles. The zero-order valence-electron chi connectivity index (χ0n) is 8.13. The number of nitrogens with zero attached hydrogens (tertiary/aromatic N) is 1. The van der Waals surface area contributed by atoms with Crippen LogP contribution in [0.5, 0.6) is 0 Å². The Labute approximate surface area is 106 Å². The molecule has 0 fully saturated rings. The van der Waals surface area contributed by atoms with Crippen molar-refractivity contribution in [1.29, 1.82) is 0 Å². The highest BCUT2D eigenvalue weighted by molar-refractivity contribution is 9.08. The summed E-state index contributed by atoms with van der Waals surface area (Å²) in [6, 6.07) is 8.28. The third-order valence-electron chi connectivity index (χ3n) is 1.95. The van der Waals surface area contributed by atoms with E-state index in [1.165, 1.54) is 23.6 Å². The topological polar surface area (TPSA) is 47.0 Å². The molecule has 0 aliphatic rings. The highest BCUT2D eigenvalue weighted by Crippen LogP contribution is 2.27. The largest absolute Gasteiger partial charge is 0.244 e. The van der Waals surface area contributed by atoms with Gasteiger partial charge in [0, 0.05) is 16.4 Å².